The fourth-order valence-corrected chi connectivity index (χ4v) is 2.48. The van der Waals surface area contributed by atoms with Gasteiger partial charge in [-0.25, -0.2) is 0 Å². The first-order valence-corrected chi connectivity index (χ1v) is 6.78. The Balaban J connectivity index is 2.08. The predicted molar refractivity (Wildman–Crippen MR) is 81.3 cm³/mol. The van der Waals surface area contributed by atoms with Gasteiger partial charge in [-0.05, 0) is 12.1 Å². The number of amides is 1. The average Bonchev–Trinajstić information content (AvgIpc) is 2.72. The average molecular weight is 305 g/mol. The van der Waals surface area contributed by atoms with E-state index < -0.39 is 10.2 Å². The summed E-state index contributed by atoms with van der Waals surface area (Å²) < 4.78 is -1.67. The summed E-state index contributed by atoms with van der Waals surface area (Å²) in [7, 11) is 0. The third-order valence-electron chi connectivity index (χ3n) is 3.01. The van der Waals surface area contributed by atoms with Crippen molar-refractivity contribution in [3.63, 3.8) is 0 Å². The number of hydrogen-bond donors (Lipinski definition) is 0. The molecule has 3 nitrogen and oxygen atoms in total. The second-order valence-corrected chi connectivity index (χ2v) is 5.67. The molecule has 0 fully saturated rings. The van der Waals surface area contributed by atoms with Gasteiger partial charge in [-0.3, -0.25) is 4.79 Å². The largest absolute Gasteiger partial charge is 0.290 e. The first-order valence-electron chi connectivity index (χ1n) is 6.02. The summed E-state index contributed by atoms with van der Waals surface area (Å²) in [6.45, 7) is 0. The Bertz CT molecular complexity index is 669. The quantitative estimate of drug-likeness (QED) is 0.780. The molecule has 0 aromatic heterocycles. The van der Waals surface area contributed by atoms with Crippen LogP contribution in [-0.4, -0.2) is 16.0 Å². The lowest BCUT2D eigenvalue weighted by atomic mass is 10.1. The van der Waals surface area contributed by atoms with Crippen LogP contribution in [0.25, 0.3) is 0 Å². The highest BCUT2D eigenvalue weighted by molar-refractivity contribution is 6.72. The number of alkyl halides is 2. The minimum atomic E-state index is -1.67. The van der Waals surface area contributed by atoms with E-state index in [4.69, 9.17) is 23.2 Å². The molecule has 1 aliphatic heterocycles. The van der Waals surface area contributed by atoms with E-state index in [0.29, 0.717) is 11.4 Å². The fraction of sp³-hybridized carbons (Fsp3) is 0.0667. The minimum absolute atomic E-state index is 0.343. The fourth-order valence-electron chi connectivity index (χ4n) is 2.02. The second kappa shape index (κ2) is 4.93. The first kappa shape index (κ1) is 13.2. The number of hydrazone groups is 1. The molecule has 20 heavy (non-hydrogen) atoms. The zero-order chi connectivity index (χ0) is 14.2. The van der Waals surface area contributed by atoms with Crippen LogP contribution in [0.15, 0.2) is 65.8 Å². The lowest BCUT2D eigenvalue weighted by Crippen LogP contribution is -2.36. The molecule has 2 aromatic rings. The third-order valence-corrected chi connectivity index (χ3v) is 3.69. The van der Waals surface area contributed by atoms with Crippen molar-refractivity contribution in [3.05, 3.63) is 66.2 Å². The van der Waals surface area contributed by atoms with E-state index in [9.17, 15) is 4.79 Å². The molecule has 0 bridgehead atoms. The lowest BCUT2D eigenvalue weighted by Gasteiger charge is -2.15. The molecule has 0 aliphatic carbocycles. The highest BCUT2D eigenvalue weighted by atomic mass is 35.5. The lowest BCUT2D eigenvalue weighted by molar-refractivity contribution is -0.117. The summed E-state index contributed by atoms with van der Waals surface area (Å²) in [5.74, 6) is -0.467. The predicted octanol–water partition coefficient (Wildman–Crippen LogP) is 3.61. The van der Waals surface area contributed by atoms with Gasteiger partial charge in [-0.15, -0.1) is 0 Å². The maximum Gasteiger partial charge on any atom is 0.290 e. The molecule has 1 heterocycles. The van der Waals surface area contributed by atoms with Gasteiger partial charge in [-0.2, -0.15) is 10.1 Å². The molecule has 0 saturated carbocycles. The van der Waals surface area contributed by atoms with Gasteiger partial charge in [-0.1, -0.05) is 71.7 Å². The number of hydrogen-bond acceptors (Lipinski definition) is 2. The van der Waals surface area contributed by atoms with Crippen molar-refractivity contribution < 1.29 is 4.79 Å². The summed E-state index contributed by atoms with van der Waals surface area (Å²) in [4.78, 5) is 12.4. The summed E-state index contributed by atoms with van der Waals surface area (Å²) in [5.41, 5.74) is 1.70. The molecular weight excluding hydrogens is 295 g/mol. The number of para-hydroxylation sites is 1. The standard InChI is InChI=1S/C15H10Cl2N2O/c16-15(17)13(11-7-3-1-4-8-11)18-19(14(15)20)12-9-5-2-6-10-12/h1-10H. The van der Waals surface area contributed by atoms with Crippen LogP contribution in [-0.2, 0) is 4.79 Å². The maximum absolute atomic E-state index is 12.4. The van der Waals surface area contributed by atoms with Crippen LogP contribution in [0.3, 0.4) is 0 Å². The molecule has 2 aromatic carbocycles. The zero-order valence-electron chi connectivity index (χ0n) is 10.3. The van der Waals surface area contributed by atoms with Crippen molar-refractivity contribution in [2.75, 3.05) is 5.01 Å². The Morgan fingerprint density at radius 3 is 2.05 bits per heavy atom. The van der Waals surface area contributed by atoms with Crippen LogP contribution in [0.5, 0.6) is 0 Å². The first-order chi connectivity index (χ1) is 9.60. The van der Waals surface area contributed by atoms with E-state index in [1.807, 2.05) is 48.5 Å². The van der Waals surface area contributed by atoms with Crippen molar-refractivity contribution in [2.24, 2.45) is 5.10 Å². The third kappa shape index (κ3) is 2.09. The van der Waals surface area contributed by atoms with Gasteiger partial charge in [0.15, 0.2) is 0 Å². The second-order valence-electron chi connectivity index (χ2n) is 4.34. The Labute approximate surface area is 126 Å². The number of benzene rings is 2. The zero-order valence-corrected chi connectivity index (χ0v) is 11.8. The molecule has 1 aliphatic rings. The molecule has 0 N–H and O–H groups in total. The van der Waals surface area contributed by atoms with E-state index in [0.717, 1.165) is 5.56 Å². The molecule has 0 atom stereocenters. The van der Waals surface area contributed by atoms with Gasteiger partial charge in [0, 0.05) is 5.56 Å². The van der Waals surface area contributed by atoms with Crippen molar-refractivity contribution in [1.29, 1.82) is 0 Å². The maximum atomic E-state index is 12.4. The Kier molecular flexibility index (Phi) is 3.24. The molecule has 0 unspecified atom stereocenters. The van der Waals surface area contributed by atoms with E-state index in [1.165, 1.54) is 5.01 Å². The molecule has 0 spiro atoms. The van der Waals surface area contributed by atoms with Crippen molar-refractivity contribution in [1.82, 2.24) is 0 Å². The number of rotatable bonds is 2. The van der Waals surface area contributed by atoms with Crippen molar-refractivity contribution in [2.45, 2.75) is 4.33 Å². The smallest absolute Gasteiger partial charge is 0.269 e. The number of anilines is 1. The molecule has 5 heteroatoms. The van der Waals surface area contributed by atoms with Crippen molar-refractivity contribution >= 4 is 40.5 Å². The Hall–Kier alpha value is -1.84. The van der Waals surface area contributed by atoms with Gasteiger partial charge in [0.2, 0.25) is 4.33 Å². The van der Waals surface area contributed by atoms with E-state index in [-0.39, 0.29) is 0 Å². The summed E-state index contributed by atoms with van der Waals surface area (Å²) in [6, 6.07) is 18.3. The Morgan fingerprint density at radius 1 is 0.900 bits per heavy atom. The molecule has 100 valence electrons. The normalized spacial score (nSPS) is 17.2. The molecule has 3 rings (SSSR count). The SMILES string of the molecule is O=C1N(c2ccccc2)N=C(c2ccccc2)C1(Cl)Cl. The molecule has 0 radical (unpaired) electrons. The Morgan fingerprint density at radius 2 is 1.45 bits per heavy atom. The van der Waals surface area contributed by atoms with Gasteiger partial charge in [0.1, 0.15) is 5.71 Å². The number of carbonyl (C=O) groups excluding carboxylic acids is 1. The number of halogens is 2. The van der Waals surface area contributed by atoms with Gasteiger partial charge >= 0.3 is 0 Å². The summed E-state index contributed by atoms with van der Waals surface area (Å²) in [5, 5.41) is 5.54. The van der Waals surface area contributed by atoms with Crippen LogP contribution in [0.4, 0.5) is 5.69 Å². The van der Waals surface area contributed by atoms with E-state index in [1.54, 1.807) is 12.1 Å². The van der Waals surface area contributed by atoms with Gasteiger partial charge in [0.25, 0.3) is 5.91 Å². The van der Waals surface area contributed by atoms with E-state index >= 15 is 0 Å². The van der Waals surface area contributed by atoms with Crippen LogP contribution in [0.2, 0.25) is 0 Å². The van der Waals surface area contributed by atoms with Gasteiger partial charge < -0.3 is 0 Å². The molecular formula is C15H10Cl2N2O. The summed E-state index contributed by atoms with van der Waals surface area (Å²) >= 11 is 12.4. The number of carbonyl (C=O) groups is 1. The minimum Gasteiger partial charge on any atom is -0.269 e. The molecule has 0 saturated heterocycles. The van der Waals surface area contributed by atoms with E-state index in [2.05, 4.69) is 5.10 Å². The van der Waals surface area contributed by atoms with Crippen LogP contribution in [0, 0.1) is 0 Å². The van der Waals surface area contributed by atoms with Gasteiger partial charge in [0.05, 0.1) is 5.69 Å². The topological polar surface area (TPSA) is 32.7 Å². The highest BCUT2D eigenvalue weighted by Crippen LogP contribution is 2.36. The van der Waals surface area contributed by atoms with Crippen molar-refractivity contribution in [3.8, 4) is 0 Å². The number of nitrogens with zero attached hydrogens (tertiary/aromatic N) is 2. The van der Waals surface area contributed by atoms with Crippen LogP contribution < -0.4 is 5.01 Å². The van der Waals surface area contributed by atoms with Crippen LogP contribution >= 0.6 is 23.2 Å². The summed E-state index contributed by atoms with van der Waals surface area (Å²) in [6.07, 6.45) is 0. The molecule has 1 amide bonds. The monoisotopic (exact) mass is 304 g/mol. The van der Waals surface area contributed by atoms with Crippen LogP contribution in [0.1, 0.15) is 5.56 Å². The highest BCUT2D eigenvalue weighted by Gasteiger charge is 2.49.